The van der Waals surface area contributed by atoms with E-state index in [1.54, 1.807) is 42.5 Å². The van der Waals surface area contributed by atoms with Crippen LogP contribution in [0.4, 0.5) is 5.69 Å². The number of aromatic hydroxyl groups is 1. The molecule has 2 aromatic carbocycles. The molecule has 0 unspecified atom stereocenters. The number of phenolic OH excluding ortho intramolecular Hbond substituents is 1. The number of phenols is 1. The first-order valence-corrected chi connectivity index (χ1v) is 7.42. The summed E-state index contributed by atoms with van der Waals surface area (Å²) in [6.45, 7) is 0. The molecule has 0 aromatic heterocycles. The molecule has 0 bridgehead atoms. The minimum atomic E-state index is -0.683. The van der Waals surface area contributed by atoms with Gasteiger partial charge in [0.15, 0.2) is 0 Å². The number of nitrogens with one attached hydrogen (secondary N) is 1. The normalized spacial score (nSPS) is 12.0. The van der Waals surface area contributed by atoms with Gasteiger partial charge in [0.2, 0.25) is 5.91 Å². The monoisotopic (exact) mass is 368 g/mol. The first-order chi connectivity index (χ1) is 9.95. The minimum Gasteiger partial charge on any atom is -0.508 e. The molecule has 0 aliphatic rings. The number of carbonyl (C=O) groups is 1. The molecule has 110 valence electrons. The fraction of sp³-hybridized carbons (Fsp3) is 0.133. The maximum atomic E-state index is 12.1. The number of hydrogen-bond acceptors (Lipinski definition) is 3. The predicted molar refractivity (Wildman–Crippen MR) is 87.6 cm³/mol. The van der Waals surface area contributed by atoms with Gasteiger partial charge in [-0.2, -0.15) is 0 Å². The highest BCUT2D eigenvalue weighted by molar-refractivity contribution is 9.10. The zero-order valence-corrected chi connectivity index (χ0v) is 13.4. The number of carbonyl (C=O) groups excluding carboxylic acids is 1. The van der Waals surface area contributed by atoms with Crippen molar-refractivity contribution in [3.63, 3.8) is 0 Å². The second-order valence-corrected chi connectivity index (χ2v) is 5.88. The van der Waals surface area contributed by atoms with E-state index in [-0.39, 0.29) is 11.7 Å². The van der Waals surface area contributed by atoms with Crippen molar-refractivity contribution in [2.24, 2.45) is 5.73 Å². The number of nitrogens with two attached hydrogens (primary N) is 1. The molecular weight excluding hydrogens is 356 g/mol. The Morgan fingerprint density at radius 2 is 1.95 bits per heavy atom. The Hall–Kier alpha value is -1.56. The van der Waals surface area contributed by atoms with Crippen LogP contribution in [-0.4, -0.2) is 17.1 Å². The Labute approximate surface area is 136 Å². The van der Waals surface area contributed by atoms with Crippen LogP contribution in [0.25, 0.3) is 0 Å². The van der Waals surface area contributed by atoms with Gasteiger partial charge in [-0.3, -0.25) is 4.79 Å². The molecule has 0 radical (unpaired) electrons. The standard InChI is InChI=1S/C15H14BrClN2O2/c16-12-8-10(17)3-6-14(12)19-15(21)13(18)7-9-1-4-11(20)5-2-9/h1-6,8,13,20H,7,18H2,(H,19,21)/t13-/m0/s1. The summed E-state index contributed by atoms with van der Waals surface area (Å²) in [4.78, 5) is 12.1. The SMILES string of the molecule is N[C@@H](Cc1ccc(O)cc1)C(=O)Nc1ccc(Cl)cc1Br. The second-order valence-electron chi connectivity index (χ2n) is 4.59. The summed E-state index contributed by atoms with van der Waals surface area (Å²) < 4.78 is 0.695. The summed E-state index contributed by atoms with van der Waals surface area (Å²) in [5.74, 6) is -0.104. The highest BCUT2D eigenvalue weighted by Crippen LogP contribution is 2.26. The van der Waals surface area contributed by atoms with Crippen LogP contribution in [0.1, 0.15) is 5.56 Å². The van der Waals surface area contributed by atoms with Crippen molar-refractivity contribution < 1.29 is 9.90 Å². The summed E-state index contributed by atoms with van der Waals surface area (Å²) >= 11 is 9.18. The Morgan fingerprint density at radius 3 is 2.57 bits per heavy atom. The topological polar surface area (TPSA) is 75.3 Å². The molecular formula is C15H14BrClN2O2. The highest BCUT2D eigenvalue weighted by Gasteiger charge is 2.15. The van der Waals surface area contributed by atoms with Crippen LogP contribution in [0.5, 0.6) is 5.75 Å². The predicted octanol–water partition coefficient (Wildman–Crippen LogP) is 3.32. The fourth-order valence-corrected chi connectivity index (χ4v) is 2.58. The van der Waals surface area contributed by atoms with Crippen molar-refractivity contribution >= 4 is 39.1 Å². The first kappa shape index (κ1) is 15.8. The van der Waals surface area contributed by atoms with Crippen molar-refractivity contribution in [3.05, 3.63) is 57.5 Å². The van der Waals surface area contributed by atoms with Crippen molar-refractivity contribution in [1.82, 2.24) is 0 Å². The lowest BCUT2D eigenvalue weighted by atomic mass is 10.1. The van der Waals surface area contributed by atoms with Gasteiger partial charge in [0.1, 0.15) is 5.75 Å². The molecule has 2 aromatic rings. The van der Waals surface area contributed by atoms with E-state index >= 15 is 0 Å². The Bertz CT molecular complexity index is 647. The second kappa shape index (κ2) is 6.93. The molecule has 0 saturated heterocycles. The third-order valence-electron chi connectivity index (χ3n) is 2.92. The number of amides is 1. The molecule has 2 rings (SSSR count). The van der Waals surface area contributed by atoms with E-state index in [4.69, 9.17) is 17.3 Å². The van der Waals surface area contributed by atoms with E-state index in [0.29, 0.717) is 21.6 Å². The number of hydrogen-bond donors (Lipinski definition) is 3. The zero-order chi connectivity index (χ0) is 15.4. The van der Waals surface area contributed by atoms with E-state index in [9.17, 15) is 9.90 Å². The largest absolute Gasteiger partial charge is 0.508 e. The van der Waals surface area contributed by atoms with Crippen molar-refractivity contribution in [3.8, 4) is 5.75 Å². The summed E-state index contributed by atoms with van der Waals surface area (Å²) in [7, 11) is 0. The Balaban J connectivity index is 2.00. The summed E-state index contributed by atoms with van der Waals surface area (Å²) in [5.41, 5.74) is 7.40. The highest BCUT2D eigenvalue weighted by atomic mass is 79.9. The van der Waals surface area contributed by atoms with E-state index in [0.717, 1.165) is 5.56 Å². The van der Waals surface area contributed by atoms with E-state index in [1.807, 2.05) is 0 Å². The average molecular weight is 370 g/mol. The molecule has 0 spiro atoms. The molecule has 0 aliphatic heterocycles. The van der Waals surface area contributed by atoms with Crippen LogP contribution in [0.3, 0.4) is 0 Å². The fourth-order valence-electron chi connectivity index (χ4n) is 1.79. The first-order valence-electron chi connectivity index (χ1n) is 6.25. The average Bonchev–Trinajstić information content (AvgIpc) is 2.44. The van der Waals surface area contributed by atoms with Crippen LogP contribution in [0.15, 0.2) is 46.9 Å². The van der Waals surface area contributed by atoms with Crippen LogP contribution in [0, 0.1) is 0 Å². The molecule has 21 heavy (non-hydrogen) atoms. The molecule has 4 N–H and O–H groups in total. The molecule has 0 fully saturated rings. The number of halogens is 2. The number of anilines is 1. The van der Waals surface area contributed by atoms with E-state index in [2.05, 4.69) is 21.2 Å². The number of rotatable bonds is 4. The molecule has 0 aliphatic carbocycles. The van der Waals surface area contributed by atoms with Gasteiger partial charge in [-0.05, 0) is 58.2 Å². The van der Waals surface area contributed by atoms with Gasteiger partial charge in [0.25, 0.3) is 0 Å². The van der Waals surface area contributed by atoms with Crippen LogP contribution in [0.2, 0.25) is 5.02 Å². The van der Waals surface area contributed by atoms with E-state index in [1.165, 1.54) is 0 Å². The lowest BCUT2D eigenvalue weighted by molar-refractivity contribution is -0.117. The third-order valence-corrected chi connectivity index (χ3v) is 3.81. The van der Waals surface area contributed by atoms with E-state index < -0.39 is 6.04 Å². The minimum absolute atomic E-state index is 0.182. The van der Waals surface area contributed by atoms with Crippen LogP contribution >= 0.6 is 27.5 Å². The smallest absolute Gasteiger partial charge is 0.241 e. The summed E-state index contributed by atoms with van der Waals surface area (Å²) in [6.07, 6.45) is 0.386. The maximum absolute atomic E-state index is 12.1. The lowest BCUT2D eigenvalue weighted by Crippen LogP contribution is -2.37. The third kappa shape index (κ3) is 4.46. The van der Waals surface area contributed by atoms with Crippen LogP contribution < -0.4 is 11.1 Å². The summed E-state index contributed by atoms with van der Waals surface area (Å²) in [6, 6.07) is 11.0. The van der Waals surface area contributed by atoms with Gasteiger partial charge in [0, 0.05) is 9.50 Å². The maximum Gasteiger partial charge on any atom is 0.241 e. The van der Waals surface area contributed by atoms with Gasteiger partial charge in [0.05, 0.1) is 11.7 Å². The quantitative estimate of drug-likeness (QED) is 0.774. The Morgan fingerprint density at radius 1 is 1.29 bits per heavy atom. The van der Waals surface area contributed by atoms with Gasteiger partial charge in [-0.15, -0.1) is 0 Å². The van der Waals surface area contributed by atoms with Crippen molar-refractivity contribution in [2.45, 2.75) is 12.5 Å². The van der Waals surface area contributed by atoms with Crippen molar-refractivity contribution in [1.29, 1.82) is 0 Å². The van der Waals surface area contributed by atoms with Crippen LogP contribution in [-0.2, 0) is 11.2 Å². The zero-order valence-electron chi connectivity index (χ0n) is 11.0. The molecule has 4 nitrogen and oxygen atoms in total. The van der Waals surface area contributed by atoms with Gasteiger partial charge in [-0.1, -0.05) is 23.7 Å². The Kier molecular flexibility index (Phi) is 5.22. The van der Waals surface area contributed by atoms with Gasteiger partial charge >= 0.3 is 0 Å². The molecule has 1 amide bonds. The molecule has 1 atom stereocenters. The van der Waals surface area contributed by atoms with Gasteiger partial charge in [-0.25, -0.2) is 0 Å². The molecule has 0 saturated carbocycles. The van der Waals surface area contributed by atoms with Crippen molar-refractivity contribution in [2.75, 3.05) is 5.32 Å². The number of benzene rings is 2. The lowest BCUT2D eigenvalue weighted by Gasteiger charge is -2.13. The molecule has 6 heteroatoms. The molecule has 0 heterocycles. The summed E-state index contributed by atoms with van der Waals surface area (Å²) in [5, 5.41) is 12.5. The van der Waals surface area contributed by atoms with Gasteiger partial charge < -0.3 is 16.2 Å².